The van der Waals surface area contributed by atoms with Crippen LogP contribution in [-0.2, 0) is 16.0 Å². The van der Waals surface area contributed by atoms with Crippen LogP contribution in [0.1, 0.15) is 36.7 Å². The van der Waals surface area contributed by atoms with Crippen LogP contribution in [0.4, 0.5) is 0 Å². The third-order valence-electron chi connectivity index (χ3n) is 3.80. The minimum Gasteiger partial charge on any atom is -0.507 e. The zero-order chi connectivity index (χ0) is 19.4. The molecule has 0 amide bonds. The second-order valence-corrected chi connectivity index (χ2v) is 6.14. The van der Waals surface area contributed by atoms with Gasteiger partial charge in [0.05, 0.1) is 25.2 Å². The van der Waals surface area contributed by atoms with E-state index in [2.05, 4.69) is 4.74 Å². The number of benzene rings is 2. The molecule has 0 fully saturated rings. The first-order chi connectivity index (χ1) is 12.2. The Bertz CT molecular complexity index is 821. The highest BCUT2D eigenvalue weighted by Crippen LogP contribution is 2.40. The smallest absolute Gasteiger partial charge is 0.310 e. The number of phenolic OH excluding ortho intramolecular Hbond substituents is 2. The predicted molar refractivity (Wildman–Crippen MR) is 96.7 cm³/mol. The van der Waals surface area contributed by atoms with Crippen LogP contribution in [0.15, 0.2) is 30.3 Å². The molecule has 0 aliphatic rings. The molecule has 0 aromatic heterocycles. The molecule has 0 radical (unpaired) electrons. The van der Waals surface area contributed by atoms with Crippen molar-refractivity contribution in [3.63, 3.8) is 0 Å². The minimum absolute atomic E-state index is 0.00860. The lowest BCUT2D eigenvalue weighted by Crippen LogP contribution is -2.11. The number of rotatable bonds is 6. The number of aromatic hydroxyl groups is 2. The third kappa shape index (κ3) is 4.14. The van der Waals surface area contributed by atoms with Crippen molar-refractivity contribution >= 4 is 11.8 Å². The summed E-state index contributed by atoms with van der Waals surface area (Å²) in [5.41, 5.74) is 1.10. The van der Waals surface area contributed by atoms with Gasteiger partial charge in [-0.1, -0.05) is 12.1 Å². The Morgan fingerprint density at radius 3 is 2.19 bits per heavy atom. The summed E-state index contributed by atoms with van der Waals surface area (Å²) >= 11 is 0. The number of esters is 1. The van der Waals surface area contributed by atoms with E-state index >= 15 is 0 Å². The summed E-state index contributed by atoms with van der Waals surface area (Å²) in [7, 11) is 1.23. The van der Waals surface area contributed by atoms with Crippen LogP contribution in [0.2, 0.25) is 0 Å². The Labute approximate surface area is 152 Å². The topological polar surface area (TPSA) is 93.1 Å². The fourth-order valence-corrected chi connectivity index (χ4v) is 2.79. The molecule has 2 N–H and O–H groups in total. The molecule has 0 heterocycles. The van der Waals surface area contributed by atoms with Crippen molar-refractivity contribution in [2.24, 2.45) is 0 Å². The van der Waals surface area contributed by atoms with E-state index in [0.29, 0.717) is 16.9 Å². The Morgan fingerprint density at radius 1 is 1.08 bits per heavy atom. The monoisotopic (exact) mass is 358 g/mol. The van der Waals surface area contributed by atoms with Crippen LogP contribution in [0, 0.1) is 0 Å². The van der Waals surface area contributed by atoms with E-state index in [1.807, 2.05) is 13.8 Å². The molecular formula is C20H22O6. The highest BCUT2D eigenvalue weighted by Gasteiger charge is 2.24. The molecule has 2 aromatic rings. The maximum absolute atomic E-state index is 12.0. The van der Waals surface area contributed by atoms with Gasteiger partial charge in [0, 0.05) is 11.6 Å². The number of carbonyl (C=O) groups excluding carboxylic acids is 2. The van der Waals surface area contributed by atoms with Crippen molar-refractivity contribution in [1.29, 1.82) is 0 Å². The second kappa shape index (κ2) is 7.91. The van der Waals surface area contributed by atoms with Gasteiger partial charge in [-0.05, 0) is 44.0 Å². The van der Waals surface area contributed by atoms with Crippen molar-refractivity contribution in [3.8, 4) is 28.4 Å². The van der Waals surface area contributed by atoms with Gasteiger partial charge in [-0.15, -0.1) is 0 Å². The van der Waals surface area contributed by atoms with Crippen LogP contribution >= 0.6 is 0 Å². The molecule has 138 valence electrons. The first kappa shape index (κ1) is 19.3. The number of ketones is 1. The molecule has 0 bridgehead atoms. The summed E-state index contributed by atoms with van der Waals surface area (Å²) in [6.07, 6.45) is -0.241. The molecule has 0 saturated heterocycles. The van der Waals surface area contributed by atoms with Crippen LogP contribution < -0.4 is 4.74 Å². The van der Waals surface area contributed by atoms with E-state index in [0.717, 1.165) is 6.07 Å². The summed E-state index contributed by atoms with van der Waals surface area (Å²) in [5, 5.41) is 20.5. The number of hydrogen-bond acceptors (Lipinski definition) is 6. The zero-order valence-corrected chi connectivity index (χ0v) is 15.2. The maximum Gasteiger partial charge on any atom is 0.310 e. The molecule has 26 heavy (non-hydrogen) atoms. The molecule has 0 spiro atoms. The van der Waals surface area contributed by atoms with Crippen molar-refractivity contribution in [2.75, 3.05) is 7.11 Å². The SMILES string of the molecule is COC(=O)Cc1c(C(C)=O)c(O)cc(O)c1-c1ccc(OC(C)C)cc1. The van der Waals surface area contributed by atoms with Gasteiger partial charge < -0.3 is 19.7 Å². The van der Waals surface area contributed by atoms with Gasteiger partial charge in [0.1, 0.15) is 17.2 Å². The molecule has 2 aromatic carbocycles. The zero-order valence-electron chi connectivity index (χ0n) is 15.2. The lowest BCUT2D eigenvalue weighted by atomic mass is 9.90. The molecule has 0 unspecified atom stereocenters. The number of carbonyl (C=O) groups is 2. The molecule has 0 aliphatic heterocycles. The average Bonchev–Trinajstić information content (AvgIpc) is 2.54. The number of hydrogen-bond donors (Lipinski definition) is 2. The first-order valence-corrected chi connectivity index (χ1v) is 8.17. The summed E-state index contributed by atoms with van der Waals surface area (Å²) in [5.74, 6) is -0.953. The summed E-state index contributed by atoms with van der Waals surface area (Å²) in [4.78, 5) is 23.8. The van der Waals surface area contributed by atoms with Gasteiger partial charge in [-0.25, -0.2) is 0 Å². The Morgan fingerprint density at radius 2 is 1.69 bits per heavy atom. The van der Waals surface area contributed by atoms with E-state index in [1.54, 1.807) is 24.3 Å². The van der Waals surface area contributed by atoms with Crippen molar-refractivity contribution in [3.05, 3.63) is 41.5 Å². The fraction of sp³-hybridized carbons (Fsp3) is 0.300. The van der Waals surface area contributed by atoms with Crippen molar-refractivity contribution in [1.82, 2.24) is 0 Å². The highest BCUT2D eigenvalue weighted by atomic mass is 16.5. The normalized spacial score (nSPS) is 10.7. The second-order valence-electron chi connectivity index (χ2n) is 6.14. The molecular weight excluding hydrogens is 336 g/mol. The van der Waals surface area contributed by atoms with E-state index in [9.17, 15) is 19.8 Å². The van der Waals surface area contributed by atoms with Gasteiger partial charge in [-0.3, -0.25) is 9.59 Å². The lowest BCUT2D eigenvalue weighted by molar-refractivity contribution is -0.139. The quantitative estimate of drug-likeness (QED) is 0.607. The van der Waals surface area contributed by atoms with Crippen molar-refractivity contribution < 1.29 is 29.3 Å². The van der Waals surface area contributed by atoms with Crippen LogP contribution in [0.3, 0.4) is 0 Å². The molecule has 2 rings (SSSR count). The highest BCUT2D eigenvalue weighted by molar-refractivity contribution is 6.02. The van der Waals surface area contributed by atoms with E-state index in [4.69, 9.17) is 4.74 Å². The summed E-state index contributed by atoms with van der Waals surface area (Å²) in [6.45, 7) is 5.11. The van der Waals surface area contributed by atoms with Crippen LogP contribution in [-0.4, -0.2) is 35.2 Å². The largest absolute Gasteiger partial charge is 0.507 e. The molecule has 0 saturated carbocycles. The van der Waals surface area contributed by atoms with Gasteiger partial charge in [0.2, 0.25) is 0 Å². The van der Waals surface area contributed by atoms with Gasteiger partial charge in [0.15, 0.2) is 5.78 Å². The van der Waals surface area contributed by atoms with Gasteiger partial charge in [0.25, 0.3) is 0 Å². The minimum atomic E-state index is -0.585. The lowest BCUT2D eigenvalue weighted by Gasteiger charge is -2.17. The third-order valence-corrected chi connectivity index (χ3v) is 3.80. The Hall–Kier alpha value is -3.02. The van der Waals surface area contributed by atoms with Crippen molar-refractivity contribution in [2.45, 2.75) is 33.3 Å². The fourth-order valence-electron chi connectivity index (χ4n) is 2.79. The van der Waals surface area contributed by atoms with Crippen LogP contribution in [0.5, 0.6) is 17.2 Å². The van der Waals surface area contributed by atoms with E-state index < -0.39 is 11.8 Å². The Balaban J connectivity index is 2.64. The summed E-state index contributed by atoms with van der Waals surface area (Å²) in [6, 6.07) is 8.00. The van der Waals surface area contributed by atoms with E-state index in [-0.39, 0.29) is 35.2 Å². The standard InChI is InChI=1S/C20H22O6/c1-11(2)26-14-7-5-13(6-8-14)20-15(9-18(24)25-4)19(12(3)21)16(22)10-17(20)23/h5-8,10-11,22-23H,9H2,1-4H3. The predicted octanol–water partition coefficient (Wildman–Crippen LogP) is 3.47. The van der Waals surface area contributed by atoms with Gasteiger partial charge >= 0.3 is 5.97 Å². The number of methoxy groups -OCH3 is 1. The average molecular weight is 358 g/mol. The number of phenols is 2. The molecule has 6 heteroatoms. The van der Waals surface area contributed by atoms with E-state index in [1.165, 1.54) is 14.0 Å². The Kier molecular flexibility index (Phi) is 5.87. The maximum atomic E-state index is 12.0. The summed E-state index contributed by atoms with van der Waals surface area (Å²) < 4.78 is 10.3. The molecule has 0 aliphatic carbocycles. The van der Waals surface area contributed by atoms with Crippen LogP contribution in [0.25, 0.3) is 11.1 Å². The molecule has 6 nitrogen and oxygen atoms in total. The number of ether oxygens (including phenoxy) is 2. The van der Waals surface area contributed by atoms with Gasteiger partial charge in [-0.2, -0.15) is 0 Å². The number of Topliss-reactive ketones (excluding diaryl/α,β-unsaturated/α-hetero) is 1. The molecule has 0 atom stereocenters. The first-order valence-electron chi connectivity index (χ1n) is 8.17.